The van der Waals surface area contributed by atoms with Crippen LogP contribution in [-0.4, -0.2) is 14.8 Å². The third-order valence-corrected chi connectivity index (χ3v) is 5.24. The maximum Gasteiger partial charge on any atom is 0.196 e. The van der Waals surface area contributed by atoms with Crippen LogP contribution >= 0.6 is 11.8 Å². The number of aryl methyl sites for hydroxylation is 1. The van der Waals surface area contributed by atoms with Crippen LogP contribution in [0.3, 0.4) is 0 Å². The maximum absolute atomic E-state index is 13.3. The van der Waals surface area contributed by atoms with Crippen LogP contribution in [-0.2, 0) is 5.75 Å². The van der Waals surface area contributed by atoms with Crippen molar-refractivity contribution >= 4 is 11.8 Å². The molecule has 0 amide bonds. The molecule has 3 nitrogen and oxygen atoms in total. The van der Waals surface area contributed by atoms with E-state index in [-0.39, 0.29) is 5.82 Å². The molecule has 0 bridgehead atoms. The summed E-state index contributed by atoms with van der Waals surface area (Å²) in [5, 5.41) is 9.60. The molecule has 0 unspecified atom stereocenters. The zero-order chi connectivity index (χ0) is 18.6. The van der Waals surface area contributed by atoms with E-state index < -0.39 is 0 Å². The number of hydrogen-bond acceptors (Lipinski definition) is 3. The Hall–Kier alpha value is -2.92. The molecule has 0 radical (unpaired) electrons. The summed E-state index contributed by atoms with van der Waals surface area (Å²) in [6, 6.07) is 24.8. The van der Waals surface area contributed by atoms with E-state index in [0.717, 1.165) is 22.2 Å². The molecule has 27 heavy (non-hydrogen) atoms. The highest BCUT2D eigenvalue weighted by molar-refractivity contribution is 7.98. The van der Waals surface area contributed by atoms with Gasteiger partial charge in [-0.25, -0.2) is 4.39 Å². The Kier molecular flexibility index (Phi) is 5.03. The van der Waals surface area contributed by atoms with Gasteiger partial charge in [-0.2, -0.15) is 0 Å². The second kappa shape index (κ2) is 7.76. The van der Waals surface area contributed by atoms with E-state index in [9.17, 15) is 4.39 Å². The number of benzene rings is 3. The lowest BCUT2D eigenvalue weighted by atomic mass is 10.2. The molecule has 0 N–H and O–H groups in total. The Morgan fingerprint density at radius 3 is 2.26 bits per heavy atom. The largest absolute Gasteiger partial charge is 0.270 e. The number of nitrogens with zero attached hydrogens (tertiary/aromatic N) is 3. The van der Waals surface area contributed by atoms with Crippen molar-refractivity contribution in [3.8, 4) is 17.1 Å². The number of halogens is 1. The van der Waals surface area contributed by atoms with Gasteiger partial charge in [-0.05, 0) is 48.9 Å². The number of rotatable bonds is 5. The average Bonchev–Trinajstić information content (AvgIpc) is 3.13. The molecule has 5 heteroatoms. The summed E-state index contributed by atoms with van der Waals surface area (Å²) in [5.41, 5.74) is 4.29. The number of thioether (sulfide) groups is 1. The van der Waals surface area contributed by atoms with Gasteiger partial charge in [0.15, 0.2) is 11.0 Å². The van der Waals surface area contributed by atoms with E-state index in [4.69, 9.17) is 0 Å². The smallest absolute Gasteiger partial charge is 0.196 e. The van der Waals surface area contributed by atoms with Crippen molar-refractivity contribution in [2.24, 2.45) is 0 Å². The summed E-state index contributed by atoms with van der Waals surface area (Å²) < 4.78 is 15.3. The molecule has 4 aromatic rings. The Bertz CT molecular complexity index is 1030. The van der Waals surface area contributed by atoms with Crippen LogP contribution in [0.4, 0.5) is 4.39 Å². The highest BCUT2D eigenvalue weighted by Gasteiger charge is 2.16. The van der Waals surface area contributed by atoms with E-state index in [1.165, 1.54) is 23.3 Å². The molecule has 0 spiro atoms. The molecule has 0 aliphatic heterocycles. The fraction of sp³-hybridized carbons (Fsp3) is 0.0909. The zero-order valence-electron chi connectivity index (χ0n) is 14.8. The third-order valence-electron chi connectivity index (χ3n) is 4.24. The average molecular weight is 375 g/mol. The van der Waals surface area contributed by atoms with Gasteiger partial charge in [-0.1, -0.05) is 59.8 Å². The van der Waals surface area contributed by atoms with Crippen molar-refractivity contribution in [1.82, 2.24) is 14.8 Å². The molecule has 0 aliphatic rings. The molecule has 1 aromatic heterocycles. The molecule has 4 rings (SSSR count). The van der Waals surface area contributed by atoms with E-state index in [0.29, 0.717) is 5.82 Å². The number of aromatic nitrogens is 3. The monoisotopic (exact) mass is 375 g/mol. The van der Waals surface area contributed by atoms with Crippen molar-refractivity contribution in [1.29, 1.82) is 0 Å². The van der Waals surface area contributed by atoms with Gasteiger partial charge in [0.25, 0.3) is 0 Å². The molecule has 0 saturated carbocycles. The lowest BCUT2D eigenvalue weighted by Gasteiger charge is -2.10. The molecular weight excluding hydrogens is 357 g/mol. The van der Waals surface area contributed by atoms with Gasteiger partial charge in [-0.15, -0.1) is 10.2 Å². The molecule has 3 aromatic carbocycles. The SMILES string of the molecule is Cc1ccc(CSc2nnc(-c3ccc(F)cc3)n2-c2ccccc2)cc1. The number of para-hydroxylation sites is 1. The van der Waals surface area contributed by atoms with Gasteiger partial charge in [0.1, 0.15) is 5.82 Å². The minimum atomic E-state index is -0.265. The second-order valence-corrected chi connectivity index (χ2v) is 7.20. The van der Waals surface area contributed by atoms with Gasteiger partial charge in [0.05, 0.1) is 0 Å². The number of hydrogen-bond donors (Lipinski definition) is 0. The molecular formula is C22H18FN3S. The summed E-state index contributed by atoms with van der Waals surface area (Å²) in [7, 11) is 0. The van der Waals surface area contributed by atoms with E-state index in [1.807, 2.05) is 34.9 Å². The minimum absolute atomic E-state index is 0.265. The van der Waals surface area contributed by atoms with Gasteiger partial charge in [0.2, 0.25) is 0 Å². The predicted octanol–water partition coefficient (Wildman–Crippen LogP) is 5.67. The topological polar surface area (TPSA) is 30.7 Å². The first-order valence-corrected chi connectivity index (χ1v) is 9.64. The van der Waals surface area contributed by atoms with Crippen LogP contribution in [0.5, 0.6) is 0 Å². The Morgan fingerprint density at radius 1 is 0.852 bits per heavy atom. The van der Waals surface area contributed by atoms with Crippen molar-refractivity contribution in [3.63, 3.8) is 0 Å². The Morgan fingerprint density at radius 2 is 1.56 bits per heavy atom. The van der Waals surface area contributed by atoms with Crippen molar-refractivity contribution in [2.45, 2.75) is 17.8 Å². The van der Waals surface area contributed by atoms with Crippen LogP contribution in [0.15, 0.2) is 84.0 Å². The highest BCUT2D eigenvalue weighted by Crippen LogP contribution is 2.29. The molecule has 134 valence electrons. The summed E-state index contributed by atoms with van der Waals surface area (Å²) in [6.07, 6.45) is 0. The maximum atomic E-state index is 13.3. The minimum Gasteiger partial charge on any atom is -0.270 e. The van der Waals surface area contributed by atoms with E-state index >= 15 is 0 Å². The summed E-state index contributed by atoms with van der Waals surface area (Å²) in [4.78, 5) is 0. The molecule has 0 aliphatic carbocycles. The Balaban J connectivity index is 1.71. The van der Waals surface area contributed by atoms with Crippen LogP contribution < -0.4 is 0 Å². The lowest BCUT2D eigenvalue weighted by Crippen LogP contribution is -1.99. The van der Waals surface area contributed by atoms with Crippen LogP contribution in [0.2, 0.25) is 0 Å². The first kappa shape index (κ1) is 17.5. The molecule has 0 saturated heterocycles. The predicted molar refractivity (Wildman–Crippen MR) is 107 cm³/mol. The lowest BCUT2D eigenvalue weighted by molar-refractivity contribution is 0.628. The van der Waals surface area contributed by atoms with Gasteiger partial charge in [0, 0.05) is 17.0 Å². The van der Waals surface area contributed by atoms with Crippen LogP contribution in [0.25, 0.3) is 17.1 Å². The van der Waals surface area contributed by atoms with E-state index in [1.54, 1.807) is 23.9 Å². The highest BCUT2D eigenvalue weighted by atomic mass is 32.2. The summed E-state index contributed by atoms with van der Waals surface area (Å²) in [5.74, 6) is 1.24. The first-order chi connectivity index (χ1) is 13.2. The fourth-order valence-electron chi connectivity index (χ4n) is 2.79. The van der Waals surface area contributed by atoms with Crippen LogP contribution in [0.1, 0.15) is 11.1 Å². The van der Waals surface area contributed by atoms with Crippen molar-refractivity contribution in [3.05, 3.63) is 95.8 Å². The van der Waals surface area contributed by atoms with Crippen molar-refractivity contribution in [2.75, 3.05) is 0 Å². The molecule has 0 atom stereocenters. The van der Waals surface area contributed by atoms with Gasteiger partial charge in [-0.3, -0.25) is 4.57 Å². The molecule has 1 heterocycles. The quantitative estimate of drug-likeness (QED) is 0.421. The van der Waals surface area contributed by atoms with Crippen LogP contribution in [0, 0.1) is 12.7 Å². The summed E-state index contributed by atoms with van der Waals surface area (Å²) in [6.45, 7) is 2.08. The van der Waals surface area contributed by atoms with Gasteiger partial charge < -0.3 is 0 Å². The zero-order valence-corrected chi connectivity index (χ0v) is 15.7. The van der Waals surface area contributed by atoms with Gasteiger partial charge >= 0.3 is 0 Å². The fourth-order valence-corrected chi connectivity index (χ4v) is 3.70. The normalized spacial score (nSPS) is 10.9. The third kappa shape index (κ3) is 3.93. The second-order valence-electron chi connectivity index (χ2n) is 6.26. The molecule has 0 fully saturated rings. The Labute approximate surface area is 161 Å². The van der Waals surface area contributed by atoms with Crippen molar-refractivity contribution < 1.29 is 4.39 Å². The van der Waals surface area contributed by atoms with E-state index in [2.05, 4.69) is 41.4 Å². The first-order valence-electron chi connectivity index (χ1n) is 8.66. The summed E-state index contributed by atoms with van der Waals surface area (Å²) >= 11 is 1.63. The standard InChI is InChI=1S/C22H18FN3S/c1-16-7-9-17(10-8-16)15-27-22-25-24-21(18-11-13-19(23)14-12-18)26(22)20-5-3-2-4-6-20/h2-14H,15H2,1H3.